The fourth-order valence-corrected chi connectivity index (χ4v) is 1.18. The van der Waals surface area contributed by atoms with E-state index >= 15 is 0 Å². The predicted octanol–water partition coefficient (Wildman–Crippen LogP) is 0.547. The van der Waals surface area contributed by atoms with Crippen LogP contribution in [0.2, 0.25) is 0 Å². The number of carbonyl (C=O) groups is 1. The van der Waals surface area contributed by atoms with E-state index in [1.54, 1.807) is 11.8 Å². The minimum Gasteiger partial charge on any atom is -0.389 e. The molecular formula is C6H12O2S. The number of ketones is 1. The van der Waals surface area contributed by atoms with Crippen molar-refractivity contribution in [2.24, 2.45) is 5.92 Å². The summed E-state index contributed by atoms with van der Waals surface area (Å²) >= 11 is 1.62. The van der Waals surface area contributed by atoms with Crippen LogP contribution in [0.5, 0.6) is 0 Å². The molecule has 0 radical (unpaired) electrons. The van der Waals surface area contributed by atoms with Crippen LogP contribution in [0, 0.1) is 5.92 Å². The van der Waals surface area contributed by atoms with Crippen molar-refractivity contribution in [3.05, 3.63) is 0 Å². The maximum Gasteiger partial charge on any atom is 0.161 e. The quantitative estimate of drug-likeness (QED) is 0.632. The van der Waals surface area contributed by atoms with Gasteiger partial charge in [0.2, 0.25) is 0 Å². The molecule has 0 bridgehead atoms. The van der Waals surface area contributed by atoms with Gasteiger partial charge in [-0.1, -0.05) is 6.92 Å². The molecule has 0 heterocycles. The summed E-state index contributed by atoms with van der Waals surface area (Å²) in [6.45, 7) is 1.51. The van der Waals surface area contributed by atoms with E-state index in [-0.39, 0.29) is 18.3 Å². The van der Waals surface area contributed by atoms with Crippen molar-refractivity contribution in [3.8, 4) is 0 Å². The number of thioether (sulfide) groups is 1. The number of carbonyl (C=O) groups excluding carboxylic acids is 1. The molecule has 0 saturated carbocycles. The van der Waals surface area contributed by atoms with Gasteiger partial charge in [-0.3, -0.25) is 4.79 Å². The SMILES string of the molecule is CSC[C@@H](C)C(=O)CO. The minimum atomic E-state index is -0.318. The van der Waals surface area contributed by atoms with Gasteiger partial charge in [0.05, 0.1) is 0 Å². The van der Waals surface area contributed by atoms with Gasteiger partial charge < -0.3 is 5.11 Å². The van der Waals surface area contributed by atoms with Gasteiger partial charge in [0.15, 0.2) is 5.78 Å². The molecule has 0 aromatic heterocycles. The molecule has 0 spiro atoms. The van der Waals surface area contributed by atoms with Crippen molar-refractivity contribution < 1.29 is 9.90 Å². The zero-order valence-electron chi connectivity index (χ0n) is 5.76. The predicted molar refractivity (Wildman–Crippen MR) is 39.6 cm³/mol. The summed E-state index contributed by atoms with van der Waals surface area (Å²) in [6, 6.07) is 0. The van der Waals surface area contributed by atoms with Crippen molar-refractivity contribution in [3.63, 3.8) is 0 Å². The van der Waals surface area contributed by atoms with Crippen LogP contribution in [-0.2, 0) is 4.79 Å². The fraction of sp³-hybridized carbons (Fsp3) is 0.833. The third-order valence-electron chi connectivity index (χ3n) is 1.12. The monoisotopic (exact) mass is 148 g/mol. The van der Waals surface area contributed by atoms with Crippen molar-refractivity contribution in [2.45, 2.75) is 6.92 Å². The zero-order valence-corrected chi connectivity index (χ0v) is 6.57. The lowest BCUT2D eigenvalue weighted by Crippen LogP contribution is -2.16. The highest BCUT2D eigenvalue weighted by atomic mass is 32.2. The number of Topliss-reactive ketones (excluding diaryl/α,β-unsaturated/α-hetero) is 1. The molecule has 9 heavy (non-hydrogen) atoms. The topological polar surface area (TPSA) is 37.3 Å². The first kappa shape index (κ1) is 8.98. The van der Waals surface area contributed by atoms with E-state index in [0.717, 1.165) is 5.75 Å². The van der Waals surface area contributed by atoms with E-state index in [1.807, 2.05) is 13.2 Å². The van der Waals surface area contributed by atoms with Crippen molar-refractivity contribution in [1.82, 2.24) is 0 Å². The summed E-state index contributed by atoms with van der Waals surface area (Å²) < 4.78 is 0. The van der Waals surface area contributed by atoms with Gasteiger partial charge >= 0.3 is 0 Å². The second kappa shape index (κ2) is 4.82. The van der Waals surface area contributed by atoms with Crippen LogP contribution in [-0.4, -0.2) is 29.5 Å². The zero-order chi connectivity index (χ0) is 7.28. The largest absolute Gasteiger partial charge is 0.389 e. The number of rotatable bonds is 4. The lowest BCUT2D eigenvalue weighted by atomic mass is 10.1. The van der Waals surface area contributed by atoms with E-state index in [2.05, 4.69) is 0 Å². The Kier molecular flexibility index (Phi) is 4.81. The molecule has 0 unspecified atom stereocenters. The Labute approximate surface area is 59.6 Å². The Morgan fingerprint density at radius 2 is 2.33 bits per heavy atom. The van der Waals surface area contributed by atoms with Gasteiger partial charge in [-0.2, -0.15) is 11.8 Å². The molecule has 0 aromatic carbocycles. The van der Waals surface area contributed by atoms with Gasteiger partial charge in [-0.25, -0.2) is 0 Å². The number of hydrogen-bond acceptors (Lipinski definition) is 3. The Bertz CT molecular complexity index is 93.1. The Morgan fingerprint density at radius 3 is 2.67 bits per heavy atom. The van der Waals surface area contributed by atoms with Gasteiger partial charge in [0.1, 0.15) is 6.61 Å². The molecule has 0 fully saturated rings. The third-order valence-corrected chi connectivity index (χ3v) is 1.96. The maximum atomic E-state index is 10.6. The first-order valence-corrected chi connectivity index (χ1v) is 4.24. The van der Waals surface area contributed by atoms with E-state index in [0.29, 0.717) is 0 Å². The van der Waals surface area contributed by atoms with Crippen LogP contribution in [0.25, 0.3) is 0 Å². The van der Waals surface area contributed by atoms with Crippen LogP contribution in [0.1, 0.15) is 6.92 Å². The smallest absolute Gasteiger partial charge is 0.161 e. The highest BCUT2D eigenvalue weighted by Gasteiger charge is 2.09. The molecule has 0 amide bonds. The van der Waals surface area contributed by atoms with Gasteiger partial charge in [-0.05, 0) is 6.26 Å². The summed E-state index contributed by atoms with van der Waals surface area (Å²) in [5.74, 6) is 0.744. The number of aliphatic hydroxyl groups is 1. The molecule has 1 N–H and O–H groups in total. The Morgan fingerprint density at radius 1 is 1.78 bits per heavy atom. The molecule has 0 aromatic rings. The van der Waals surface area contributed by atoms with E-state index < -0.39 is 0 Å². The summed E-state index contributed by atoms with van der Waals surface area (Å²) in [5, 5.41) is 8.37. The molecule has 0 aliphatic carbocycles. The van der Waals surface area contributed by atoms with Crippen LogP contribution >= 0.6 is 11.8 Å². The molecule has 0 aliphatic rings. The maximum absolute atomic E-state index is 10.6. The van der Waals surface area contributed by atoms with Gasteiger partial charge in [0.25, 0.3) is 0 Å². The van der Waals surface area contributed by atoms with Crippen molar-refractivity contribution in [1.29, 1.82) is 0 Å². The normalized spacial score (nSPS) is 13.2. The second-order valence-electron chi connectivity index (χ2n) is 1.98. The second-order valence-corrected chi connectivity index (χ2v) is 2.89. The van der Waals surface area contributed by atoms with Gasteiger partial charge in [0, 0.05) is 11.7 Å². The highest BCUT2D eigenvalue weighted by molar-refractivity contribution is 7.98. The summed E-state index contributed by atoms with van der Waals surface area (Å²) in [4.78, 5) is 10.6. The van der Waals surface area contributed by atoms with Crippen molar-refractivity contribution >= 4 is 17.5 Å². The lowest BCUT2D eigenvalue weighted by molar-refractivity contribution is -0.124. The molecule has 0 aliphatic heterocycles. The number of aliphatic hydroxyl groups excluding tert-OH is 1. The lowest BCUT2D eigenvalue weighted by Gasteiger charge is -2.04. The van der Waals surface area contributed by atoms with Crippen LogP contribution < -0.4 is 0 Å². The molecular weight excluding hydrogens is 136 g/mol. The molecule has 1 atom stereocenters. The van der Waals surface area contributed by atoms with Crippen LogP contribution in [0.15, 0.2) is 0 Å². The Hall–Kier alpha value is -0.0200. The van der Waals surface area contributed by atoms with E-state index in [1.165, 1.54) is 0 Å². The van der Waals surface area contributed by atoms with E-state index in [9.17, 15) is 4.79 Å². The molecule has 3 heteroatoms. The summed E-state index contributed by atoms with van der Waals surface area (Å²) in [7, 11) is 0. The Balaban J connectivity index is 3.45. The fourth-order valence-electron chi connectivity index (χ4n) is 0.499. The summed E-state index contributed by atoms with van der Waals surface area (Å²) in [5.41, 5.74) is 0. The first-order valence-electron chi connectivity index (χ1n) is 2.85. The standard InChI is InChI=1S/C6H12O2S/c1-5(4-9-2)6(8)3-7/h5,7H,3-4H2,1-2H3/t5-/m1/s1. The van der Waals surface area contributed by atoms with Crippen LogP contribution in [0.3, 0.4) is 0 Å². The number of hydrogen-bond donors (Lipinski definition) is 1. The molecule has 54 valence electrons. The molecule has 0 rings (SSSR count). The first-order chi connectivity index (χ1) is 4.22. The average Bonchev–Trinajstić information content (AvgIpc) is 1.87. The van der Waals surface area contributed by atoms with E-state index in [4.69, 9.17) is 5.11 Å². The highest BCUT2D eigenvalue weighted by Crippen LogP contribution is 2.04. The molecule has 0 saturated heterocycles. The van der Waals surface area contributed by atoms with Crippen LogP contribution in [0.4, 0.5) is 0 Å². The van der Waals surface area contributed by atoms with Gasteiger partial charge in [-0.15, -0.1) is 0 Å². The van der Waals surface area contributed by atoms with Crippen molar-refractivity contribution in [2.75, 3.05) is 18.6 Å². The molecule has 2 nitrogen and oxygen atoms in total. The minimum absolute atomic E-state index is 0.00463. The summed E-state index contributed by atoms with van der Waals surface area (Å²) in [6.07, 6.45) is 1.95. The average molecular weight is 148 g/mol. The third kappa shape index (κ3) is 3.54.